The predicted molar refractivity (Wildman–Crippen MR) is 90.1 cm³/mol. The molecule has 3 heterocycles. The third-order valence-electron chi connectivity index (χ3n) is 5.21. The zero-order valence-electron chi connectivity index (χ0n) is 13.5. The molecule has 4 rings (SSSR count). The summed E-state index contributed by atoms with van der Waals surface area (Å²) in [5.41, 5.74) is 2.53. The highest BCUT2D eigenvalue weighted by Crippen LogP contribution is 2.33. The van der Waals surface area contributed by atoms with Crippen molar-refractivity contribution in [2.75, 3.05) is 13.7 Å². The maximum absolute atomic E-state index is 12.6. The predicted octanol–water partition coefficient (Wildman–Crippen LogP) is 1.21. The Balaban J connectivity index is 1.73. The van der Waals surface area contributed by atoms with Gasteiger partial charge >= 0.3 is 0 Å². The van der Waals surface area contributed by atoms with Crippen LogP contribution in [0.25, 0.3) is 10.9 Å². The van der Waals surface area contributed by atoms with Crippen molar-refractivity contribution in [3.05, 3.63) is 36.4 Å². The highest BCUT2D eigenvalue weighted by atomic mass is 16.5. The van der Waals surface area contributed by atoms with Gasteiger partial charge in [0.1, 0.15) is 11.4 Å². The normalized spacial score (nSPS) is 26.2. The number of aromatic amines is 1. The largest absolute Gasteiger partial charge is 0.497 e. The molecule has 6 heteroatoms. The van der Waals surface area contributed by atoms with Gasteiger partial charge in [0.2, 0.25) is 0 Å². The molecular weight excluding hydrogens is 306 g/mol. The van der Waals surface area contributed by atoms with E-state index in [1.807, 2.05) is 18.2 Å². The lowest BCUT2D eigenvalue weighted by molar-refractivity contribution is -0.117. The van der Waals surface area contributed by atoms with Gasteiger partial charge in [0, 0.05) is 29.8 Å². The topological polar surface area (TPSA) is 83.2 Å². The first-order valence-electron chi connectivity index (χ1n) is 8.17. The first kappa shape index (κ1) is 15.2. The van der Waals surface area contributed by atoms with E-state index in [9.17, 15) is 9.59 Å². The lowest BCUT2D eigenvalue weighted by Gasteiger charge is -2.31. The average Bonchev–Trinajstić information content (AvgIpc) is 3.19. The van der Waals surface area contributed by atoms with Crippen LogP contribution in [0.3, 0.4) is 0 Å². The first-order chi connectivity index (χ1) is 11.6. The van der Waals surface area contributed by atoms with Crippen LogP contribution in [0.4, 0.5) is 0 Å². The fourth-order valence-electron chi connectivity index (χ4n) is 4.04. The van der Waals surface area contributed by atoms with Gasteiger partial charge in [-0.2, -0.15) is 0 Å². The van der Waals surface area contributed by atoms with E-state index in [1.165, 1.54) is 0 Å². The lowest BCUT2D eigenvalue weighted by Crippen LogP contribution is -2.50. The van der Waals surface area contributed by atoms with Crippen molar-refractivity contribution in [3.63, 3.8) is 0 Å². The summed E-state index contributed by atoms with van der Waals surface area (Å²) in [5, 5.41) is 7.27. The van der Waals surface area contributed by atoms with E-state index in [0.29, 0.717) is 12.1 Å². The molecule has 1 fully saturated rings. The third kappa shape index (κ3) is 2.29. The van der Waals surface area contributed by atoms with E-state index in [-0.39, 0.29) is 29.7 Å². The summed E-state index contributed by atoms with van der Waals surface area (Å²) in [6, 6.07) is 5.40. The number of carbonyl (C=O) groups is 2. The molecule has 1 aromatic carbocycles. The van der Waals surface area contributed by atoms with Crippen LogP contribution in [0, 0.1) is 12.8 Å². The molecule has 2 aromatic rings. The van der Waals surface area contributed by atoms with Crippen molar-refractivity contribution in [1.29, 1.82) is 0 Å². The molecule has 1 aromatic heterocycles. The highest BCUT2D eigenvalue weighted by molar-refractivity contribution is 6.02. The number of benzene rings is 1. The zero-order chi connectivity index (χ0) is 16.8. The number of methoxy groups -OCH3 is 1. The minimum Gasteiger partial charge on any atom is -0.497 e. The molecular formula is C18H20N3O3. The molecule has 0 saturated carbocycles. The van der Waals surface area contributed by atoms with Crippen LogP contribution in [0.2, 0.25) is 0 Å². The molecule has 6 nitrogen and oxygen atoms in total. The van der Waals surface area contributed by atoms with Crippen molar-refractivity contribution in [3.8, 4) is 5.75 Å². The van der Waals surface area contributed by atoms with Gasteiger partial charge < -0.3 is 20.4 Å². The van der Waals surface area contributed by atoms with Gasteiger partial charge in [-0.3, -0.25) is 9.59 Å². The number of fused-ring (bicyclic) bond motifs is 3. The van der Waals surface area contributed by atoms with E-state index in [2.05, 4.69) is 22.5 Å². The maximum atomic E-state index is 12.6. The second kappa shape index (κ2) is 5.63. The molecule has 1 amide bonds. The van der Waals surface area contributed by atoms with Gasteiger partial charge in [0.15, 0.2) is 5.78 Å². The Morgan fingerprint density at radius 3 is 2.96 bits per heavy atom. The van der Waals surface area contributed by atoms with Crippen LogP contribution in [0.15, 0.2) is 18.2 Å². The number of ketones is 1. The summed E-state index contributed by atoms with van der Waals surface area (Å²) in [4.78, 5) is 27.5. The minimum absolute atomic E-state index is 0.0686. The number of carbonyl (C=O) groups excluding carboxylic acids is 2. The Morgan fingerprint density at radius 1 is 1.38 bits per heavy atom. The fraction of sp³-hybridized carbons (Fsp3) is 0.389. The quantitative estimate of drug-likeness (QED) is 0.792. The Bertz CT molecular complexity index is 826. The van der Waals surface area contributed by atoms with E-state index in [0.717, 1.165) is 35.2 Å². The van der Waals surface area contributed by atoms with Crippen LogP contribution < -0.4 is 15.4 Å². The van der Waals surface area contributed by atoms with Gasteiger partial charge in [-0.1, -0.05) is 0 Å². The molecule has 2 aliphatic heterocycles. The molecule has 0 aliphatic carbocycles. The molecule has 24 heavy (non-hydrogen) atoms. The van der Waals surface area contributed by atoms with Crippen LogP contribution >= 0.6 is 0 Å². The van der Waals surface area contributed by atoms with E-state index in [1.54, 1.807) is 7.11 Å². The Kier molecular flexibility index (Phi) is 3.57. The molecule has 2 unspecified atom stereocenters. The van der Waals surface area contributed by atoms with E-state index in [4.69, 9.17) is 4.74 Å². The standard InChI is InChI=1S/C18H20N3O3/c1-9(22)16-11(5-6-19-16)15-8-13-12-7-10(24-2)3-4-14(12)20-17(13)18(23)21-15/h3-4,7,11,15-16,19-20H,1,5-6,8H2,2H3,(H,21,23)/t11?,15?,16-/m1/s1. The zero-order valence-corrected chi connectivity index (χ0v) is 13.5. The molecule has 1 radical (unpaired) electrons. The van der Waals surface area contributed by atoms with Crippen LogP contribution in [-0.4, -0.2) is 42.4 Å². The molecule has 1 saturated heterocycles. The molecule has 0 spiro atoms. The number of nitrogens with one attached hydrogen (secondary N) is 3. The average molecular weight is 326 g/mol. The second-order valence-corrected chi connectivity index (χ2v) is 6.52. The number of amides is 1. The monoisotopic (exact) mass is 326 g/mol. The van der Waals surface area contributed by atoms with Crippen molar-refractivity contribution < 1.29 is 14.3 Å². The Labute approximate surface area is 139 Å². The number of Topliss-reactive ketones (excluding diaryl/α,β-unsaturated/α-hetero) is 1. The number of ether oxygens (including phenoxy) is 1. The van der Waals surface area contributed by atoms with Gasteiger partial charge in [-0.25, -0.2) is 0 Å². The van der Waals surface area contributed by atoms with Gasteiger partial charge in [-0.05, 0) is 43.1 Å². The maximum Gasteiger partial charge on any atom is 0.268 e. The van der Waals surface area contributed by atoms with E-state index >= 15 is 0 Å². The van der Waals surface area contributed by atoms with Crippen molar-refractivity contribution in [2.24, 2.45) is 5.92 Å². The molecule has 125 valence electrons. The summed E-state index contributed by atoms with van der Waals surface area (Å²) in [6.45, 7) is 4.33. The summed E-state index contributed by atoms with van der Waals surface area (Å²) >= 11 is 0. The van der Waals surface area contributed by atoms with Crippen molar-refractivity contribution >= 4 is 22.6 Å². The number of H-pyrrole nitrogens is 1. The summed E-state index contributed by atoms with van der Waals surface area (Å²) < 4.78 is 5.31. The number of hydrogen-bond donors (Lipinski definition) is 3. The lowest BCUT2D eigenvalue weighted by atomic mass is 9.84. The highest BCUT2D eigenvalue weighted by Gasteiger charge is 2.40. The van der Waals surface area contributed by atoms with Crippen molar-refractivity contribution in [2.45, 2.75) is 24.9 Å². The van der Waals surface area contributed by atoms with E-state index < -0.39 is 0 Å². The number of hydrogen-bond acceptors (Lipinski definition) is 4. The van der Waals surface area contributed by atoms with Crippen LogP contribution in [0.1, 0.15) is 22.5 Å². The minimum atomic E-state index is -0.281. The third-order valence-corrected chi connectivity index (χ3v) is 5.21. The smallest absolute Gasteiger partial charge is 0.268 e. The SMILES string of the molecule is [CH2]C(=O)[C@H]1NCCC1C1Cc2c([nH]c3ccc(OC)cc23)C(=O)N1. The van der Waals surface area contributed by atoms with Crippen LogP contribution in [-0.2, 0) is 11.2 Å². The van der Waals surface area contributed by atoms with Crippen LogP contribution in [0.5, 0.6) is 5.75 Å². The number of rotatable bonds is 3. The number of aromatic nitrogens is 1. The Morgan fingerprint density at radius 2 is 2.21 bits per heavy atom. The van der Waals surface area contributed by atoms with Crippen molar-refractivity contribution in [1.82, 2.24) is 15.6 Å². The van der Waals surface area contributed by atoms with Gasteiger partial charge in [0.25, 0.3) is 5.91 Å². The van der Waals surface area contributed by atoms with Gasteiger partial charge in [0.05, 0.1) is 13.2 Å². The molecule has 3 atom stereocenters. The molecule has 0 bridgehead atoms. The molecule has 2 aliphatic rings. The Hall–Kier alpha value is -2.34. The summed E-state index contributed by atoms with van der Waals surface area (Å²) in [6.07, 6.45) is 1.56. The summed E-state index contributed by atoms with van der Waals surface area (Å²) in [7, 11) is 1.63. The first-order valence-corrected chi connectivity index (χ1v) is 8.17. The molecule has 3 N–H and O–H groups in total. The second-order valence-electron chi connectivity index (χ2n) is 6.52. The fourth-order valence-corrected chi connectivity index (χ4v) is 4.04. The van der Waals surface area contributed by atoms with Gasteiger partial charge in [-0.15, -0.1) is 0 Å². The summed E-state index contributed by atoms with van der Waals surface area (Å²) in [5.74, 6) is 0.611.